The second-order valence-corrected chi connectivity index (χ2v) is 5.82. The van der Waals surface area contributed by atoms with Crippen molar-refractivity contribution in [3.05, 3.63) is 65.5 Å². The van der Waals surface area contributed by atoms with E-state index in [1.807, 2.05) is 29.2 Å². The van der Waals surface area contributed by atoms with Crippen LogP contribution >= 0.6 is 12.4 Å². The van der Waals surface area contributed by atoms with Gasteiger partial charge >= 0.3 is 0 Å². The van der Waals surface area contributed by atoms with Gasteiger partial charge in [-0.1, -0.05) is 24.3 Å². The summed E-state index contributed by atoms with van der Waals surface area (Å²) in [6, 6.07) is 13.8. The van der Waals surface area contributed by atoms with Crippen molar-refractivity contribution in [1.29, 1.82) is 0 Å². The molecule has 2 N–H and O–H groups in total. The van der Waals surface area contributed by atoms with Gasteiger partial charge in [-0.25, -0.2) is 4.39 Å². The van der Waals surface area contributed by atoms with Crippen molar-refractivity contribution >= 4 is 24.0 Å². The molecule has 1 fully saturated rings. The Bertz CT molecular complexity index is 675. The molecule has 1 unspecified atom stereocenters. The van der Waals surface area contributed by atoms with Crippen LogP contribution in [0.25, 0.3) is 0 Å². The lowest BCUT2D eigenvalue weighted by molar-refractivity contribution is 0.0788. The highest BCUT2D eigenvalue weighted by molar-refractivity contribution is 5.99. The molecule has 3 rings (SSSR count). The summed E-state index contributed by atoms with van der Waals surface area (Å²) in [5, 5.41) is 0. The summed E-state index contributed by atoms with van der Waals surface area (Å²) in [6.45, 7) is 1.48. The molecule has 0 bridgehead atoms. The maximum Gasteiger partial charge on any atom is 0.255 e. The Hall–Kier alpha value is -2.07. The van der Waals surface area contributed by atoms with Crippen LogP contribution in [0.2, 0.25) is 0 Å². The lowest BCUT2D eigenvalue weighted by Crippen LogP contribution is -2.29. The molecule has 0 spiro atoms. The summed E-state index contributed by atoms with van der Waals surface area (Å²) in [5.41, 5.74) is 8.09. The average Bonchev–Trinajstić information content (AvgIpc) is 2.98. The molecule has 1 heterocycles. The molecule has 5 heteroatoms. The summed E-state index contributed by atoms with van der Waals surface area (Å²) in [5.74, 6) is 0.200. The third kappa shape index (κ3) is 4.02. The number of carbonyl (C=O) groups excluding carboxylic acids is 1. The van der Waals surface area contributed by atoms with Gasteiger partial charge in [0.2, 0.25) is 0 Å². The van der Waals surface area contributed by atoms with Gasteiger partial charge in [-0.05, 0) is 48.6 Å². The van der Waals surface area contributed by atoms with Crippen molar-refractivity contribution in [3.8, 4) is 0 Å². The Morgan fingerprint density at radius 1 is 1.17 bits per heavy atom. The van der Waals surface area contributed by atoms with Crippen LogP contribution in [0.3, 0.4) is 0 Å². The highest BCUT2D eigenvalue weighted by Crippen LogP contribution is 2.24. The van der Waals surface area contributed by atoms with Crippen LogP contribution in [-0.2, 0) is 6.42 Å². The number of carbonyl (C=O) groups is 1. The SMILES string of the molecule is Cl.Nc1ccccc1C(=O)N1CCC(Cc2ccc(F)cc2)C1. The number of amides is 1. The predicted octanol–water partition coefficient (Wildman–Crippen LogP) is 3.53. The molecule has 2 aromatic rings. The largest absolute Gasteiger partial charge is 0.398 e. The van der Waals surface area contributed by atoms with Gasteiger partial charge in [0.15, 0.2) is 0 Å². The van der Waals surface area contributed by atoms with Crippen molar-refractivity contribution in [2.75, 3.05) is 18.8 Å². The fourth-order valence-corrected chi connectivity index (χ4v) is 3.00. The van der Waals surface area contributed by atoms with Crippen molar-refractivity contribution in [3.63, 3.8) is 0 Å². The lowest BCUT2D eigenvalue weighted by Gasteiger charge is -2.17. The monoisotopic (exact) mass is 334 g/mol. The minimum absolute atomic E-state index is 0. The zero-order chi connectivity index (χ0) is 15.5. The third-order valence-electron chi connectivity index (χ3n) is 4.20. The first-order valence-corrected chi connectivity index (χ1v) is 7.51. The van der Waals surface area contributed by atoms with E-state index in [9.17, 15) is 9.18 Å². The standard InChI is InChI=1S/C18H19FN2O.ClH/c19-15-7-5-13(6-8-15)11-14-9-10-21(12-14)18(22)16-3-1-2-4-17(16)20;/h1-8,14H,9-12,20H2;1H. The molecule has 1 aliphatic heterocycles. The second-order valence-electron chi connectivity index (χ2n) is 5.82. The summed E-state index contributed by atoms with van der Waals surface area (Å²) in [4.78, 5) is 14.4. The average molecular weight is 335 g/mol. The van der Waals surface area contributed by atoms with Gasteiger partial charge in [-0.3, -0.25) is 4.79 Å². The minimum atomic E-state index is -0.216. The predicted molar refractivity (Wildman–Crippen MR) is 92.2 cm³/mol. The number of likely N-dealkylation sites (tertiary alicyclic amines) is 1. The zero-order valence-corrected chi connectivity index (χ0v) is 13.6. The van der Waals surface area contributed by atoms with Crippen LogP contribution < -0.4 is 5.73 Å². The molecule has 3 nitrogen and oxygen atoms in total. The van der Waals surface area contributed by atoms with E-state index in [1.54, 1.807) is 12.1 Å². The maximum atomic E-state index is 12.9. The van der Waals surface area contributed by atoms with Crippen LogP contribution in [0, 0.1) is 11.7 Å². The summed E-state index contributed by atoms with van der Waals surface area (Å²) < 4.78 is 12.9. The minimum Gasteiger partial charge on any atom is -0.398 e. The second kappa shape index (κ2) is 7.47. The number of hydrogen-bond acceptors (Lipinski definition) is 2. The van der Waals surface area contributed by atoms with Gasteiger partial charge < -0.3 is 10.6 Å². The molecule has 1 saturated heterocycles. The Kier molecular flexibility index (Phi) is 5.61. The topological polar surface area (TPSA) is 46.3 Å². The van der Waals surface area contributed by atoms with Crippen molar-refractivity contribution in [2.24, 2.45) is 5.92 Å². The zero-order valence-electron chi connectivity index (χ0n) is 12.7. The molecule has 0 aromatic heterocycles. The van der Waals surface area contributed by atoms with Crippen molar-refractivity contribution in [1.82, 2.24) is 4.90 Å². The number of para-hydroxylation sites is 1. The van der Waals surface area contributed by atoms with Crippen molar-refractivity contribution < 1.29 is 9.18 Å². The molecule has 122 valence electrons. The number of halogens is 2. The molecule has 1 amide bonds. The number of anilines is 1. The Morgan fingerprint density at radius 2 is 1.87 bits per heavy atom. The molecule has 1 aliphatic rings. The first-order chi connectivity index (χ1) is 10.6. The number of nitrogens with two attached hydrogens (primary N) is 1. The van der Waals surface area contributed by atoms with Crippen LogP contribution in [0.15, 0.2) is 48.5 Å². The molecule has 2 aromatic carbocycles. The fourth-order valence-electron chi connectivity index (χ4n) is 3.00. The number of nitrogens with zero attached hydrogens (tertiary/aromatic N) is 1. The van der Waals surface area contributed by atoms with E-state index < -0.39 is 0 Å². The smallest absolute Gasteiger partial charge is 0.255 e. The van der Waals surface area contributed by atoms with E-state index in [-0.39, 0.29) is 24.1 Å². The molecule has 23 heavy (non-hydrogen) atoms. The lowest BCUT2D eigenvalue weighted by atomic mass is 9.99. The summed E-state index contributed by atoms with van der Waals surface area (Å²) in [7, 11) is 0. The van der Waals surface area contributed by atoms with Crippen LogP contribution in [-0.4, -0.2) is 23.9 Å². The van der Waals surface area contributed by atoms with E-state index >= 15 is 0 Å². The molecule has 0 aliphatic carbocycles. The van der Waals surface area contributed by atoms with E-state index in [4.69, 9.17) is 5.73 Å². The van der Waals surface area contributed by atoms with E-state index in [0.717, 1.165) is 31.5 Å². The van der Waals surface area contributed by atoms with E-state index in [2.05, 4.69) is 0 Å². The van der Waals surface area contributed by atoms with Gasteiger partial charge in [0.25, 0.3) is 5.91 Å². The first kappa shape index (κ1) is 17.3. The van der Waals surface area contributed by atoms with Gasteiger partial charge in [-0.15, -0.1) is 12.4 Å². The number of rotatable bonds is 3. The van der Waals surface area contributed by atoms with Gasteiger partial charge in [0.05, 0.1) is 5.56 Å². The van der Waals surface area contributed by atoms with Crippen LogP contribution in [0.1, 0.15) is 22.3 Å². The normalized spacial score (nSPS) is 16.9. The van der Waals surface area contributed by atoms with Gasteiger partial charge in [0.1, 0.15) is 5.82 Å². The van der Waals surface area contributed by atoms with Crippen LogP contribution in [0.5, 0.6) is 0 Å². The van der Waals surface area contributed by atoms with Crippen molar-refractivity contribution in [2.45, 2.75) is 12.8 Å². The van der Waals surface area contributed by atoms with Crippen LogP contribution in [0.4, 0.5) is 10.1 Å². The Balaban J connectivity index is 0.00000192. The molecule has 0 radical (unpaired) electrons. The number of nitrogen functional groups attached to an aromatic ring is 1. The Labute approximate surface area is 141 Å². The first-order valence-electron chi connectivity index (χ1n) is 7.51. The summed E-state index contributed by atoms with van der Waals surface area (Å²) >= 11 is 0. The number of hydrogen-bond donors (Lipinski definition) is 1. The van der Waals surface area contributed by atoms with E-state index in [1.165, 1.54) is 12.1 Å². The third-order valence-corrected chi connectivity index (χ3v) is 4.20. The molecule has 1 atom stereocenters. The van der Waals surface area contributed by atoms with Gasteiger partial charge in [-0.2, -0.15) is 0 Å². The Morgan fingerprint density at radius 3 is 2.57 bits per heavy atom. The maximum absolute atomic E-state index is 12.9. The fraction of sp³-hybridized carbons (Fsp3) is 0.278. The summed E-state index contributed by atoms with van der Waals surface area (Å²) in [6.07, 6.45) is 1.84. The van der Waals surface area contributed by atoms with Gasteiger partial charge in [0, 0.05) is 18.8 Å². The quantitative estimate of drug-likeness (QED) is 0.873. The molecular formula is C18H20ClFN2O. The highest BCUT2D eigenvalue weighted by Gasteiger charge is 2.27. The molecule has 0 saturated carbocycles. The molecular weight excluding hydrogens is 315 g/mol. The number of benzene rings is 2. The van der Waals surface area contributed by atoms with E-state index in [0.29, 0.717) is 17.2 Å². The highest BCUT2D eigenvalue weighted by atomic mass is 35.5.